The number of hydrogen-bond donors (Lipinski definition) is 7. The molecule has 0 radical (unpaired) electrons. The number of aliphatic hydroxyl groups is 1. The number of aliphatic hydroxyl groups excluding tert-OH is 1. The minimum atomic E-state index is -1.47. The molecule has 1 saturated heterocycles. The van der Waals surface area contributed by atoms with Crippen molar-refractivity contribution in [2.24, 2.45) is 5.73 Å². The highest BCUT2D eigenvalue weighted by Gasteiger charge is 2.40. The quantitative estimate of drug-likeness (QED) is 0.193. The topological polar surface area (TPSA) is 215 Å². The van der Waals surface area contributed by atoms with Gasteiger partial charge in [0.1, 0.15) is 18.1 Å². The van der Waals surface area contributed by atoms with Crippen LogP contribution in [0.3, 0.4) is 0 Å². The molecule has 3 rings (SSSR count). The Balaban J connectivity index is 1.84. The molecule has 5 unspecified atom stereocenters. The first-order valence-corrected chi connectivity index (χ1v) is 11.8. The normalized spacial score (nSPS) is 18.6. The first-order valence-electron chi connectivity index (χ1n) is 11.8. The van der Waals surface area contributed by atoms with E-state index in [1.165, 1.54) is 6.92 Å². The van der Waals surface area contributed by atoms with Crippen LogP contribution >= 0.6 is 0 Å². The van der Waals surface area contributed by atoms with Crippen LogP contribution in [0.1, 0.15) is 31.7 Å². The number of nitrogens with zero attached hydrogens (tertiary/aromatic N) is 1. The van der Waals surface area contributed by atoms with Gasteiger partial charge in [0.2, 0.25) is 17.7 Å². The van der Waals surface area contributed by atoms with E-state index in [9.17, 15) is 34.2 Å². The Morgan fingerprint density at radius 2 is 1.84 bits per heavy atom. The van der Waals surface area contributed by atoms with E-state index < -0.39 is 66.4 Å². The lowest BCUT2D eigenvalue weighted by molar-refractivity contribution is -0.150. The van der Waals surface area contributed by atoms with Gasteiger partial charge >= 0.3 is 11.9 Å². The molecule has 1 aliphatic rings. The molecule has 37 heavy (non-hydrogen) atoms. The molecule has 0 spiro atoms. The van der Waals surface area contributed by atoms with Crippen LogP contribution in [0.5, 0.6) is 0 Å². The van der Waals surface area contributed by atoms with Crippen LogP contribution in [-0.4, -0.2) is 91.7 Å². The summed E-state index contributed by atoms with van der Waals surface area (Å²) in [5, 5.41) is 34.3. The van der Waals surface area contributed by atoms with E-state index in [-0.39, 0.29) is 19.4 Å². The molecule has 0 saturated carbocycles. The molecule has 2 aromatic rings. The number of carbonyl (C=O) groups excluding carboxylic acids is 3. The van der Waals surface area contributed by atoms with Crippen LogP contribution in [0, 0.1) is 0 Å². The van der Waals surface area contributed by atoms with E-state index in [1.807, 2.05) is 18.2 Å². The fraction of sp³-hybridized carbons (Fsp3) is 0.458. The number of carboxylic acids is 2. The number of carboxylic acid groups (broad SMARTS) is 2. The average molecular weight is 518 g/mol. The molecule has 1 fully saturated rings. The van der Waals surface area contributed by atoms with Gasteiger partial charge < -0.3 is 41.6 Å². The number of carbonyl (C=O) groups is 5. The van der Waals surface area contributed by atoms with E-state index in [0.29, 0.717) is 12.0 Å². The summed E-state index contributed by atoms with van der Waals surface area (Å²) in [6, 6.07) is 2.01. The highest BCUT2D eigenvalue weighted by atomic mass is 16.4. The maximum atomic E-state index is 13.3. The number of rotatable bonds is 11. The van der Waals surface area contributed by atoms with E-state index >= 15 is 0 Å². The lowest BCUT2D eigenvalue weighted by Crippen LogP contribution is -2.60. The summed E-state index contributed by atoms with van der Waals surface area (Å²) in [7, 11) is 0. The summed E-state index contributed by atoms with van der Waals surface area (Å²) in [5.74, 6) is -4.94. The van der Waals surface area contributed by atoms with Crippen LogP contribution in [-0.2, 0) is 30.4 Å². The molecular weight excluding hydrogens is 486 g/mol. The van der Waals surface area contributed by atoms with Gasteiger partial charge in [0.25, 0.3) is 0 Å². The van der Waals surface area contributed by atoms with Crippen molar-refractivity contribution < 1.29 is 39.3 Å². The molecule has 0 bridgehead atoms. The van der Waals surface area contributed by atoms with Gasteiger partial charge in [-0.25, -0.2) is 4.79 Å². The van der Waals surface area contributed by atoms with Gasteiger partial charge in [-0.15, -0.1) is 0 Å². The maximum absolute atomic E-state index is 13.3. The van der Waals surface area contributed by atoms with Gasteiger partial charge in [0.05, 0.1) is 18.6 Å². The third-order valence-corrected chi connectivity index (χ3v) is 6.33. The zero-order valence-corrected chi connectivity index (χ0v) is 20.2. The van der Waals surface area contributed by atoms with Crippen molar-refractivity contribution in [1.82, 2.24) is 20.5 Å². The SMILES string of the molecule is CC(O)C(NC(=O)C(Cc1c[nH]c2ccccc12)NC(=O)C(N)CC(=O)O)C(=O)N1CCCC1C(=O)O. The number of H-pyrrole nitrogens is 1. The van der Waals surface area contributed by atoms with Crippen LogP contribution in [0.4, 0.5) is 0 Å². The van der Waals surface area contributed by atoms with Crippen LogP contribution in [0.2, 0.25) is 0 Å². The predicted octanol–water partition coefficient (Wildman–Crippen LogP) is -1.06. The summed E-state index contributed by atoms with van der Waals surface area (Å²) >= 11 is 0. The lowest BCUT2D eigenvalue weighted by Gasteiger charge is -2.30. The molecule has 1 aromatic carbocycles. The summed E-state index contributed by atoms with van der Waals surface area (Å²) in [4.78, 5) is 65.7. The fourth-order valence-electron chi connectivity index (χ4n) is 4.40. The van der Waals surface area contributed by atoms with E-state index in [0.717, 1.165) is 15.8 Å². The summed E-state index contributed by atoms with van der Waals surface area (Å²) in [5.41, 5.74) is 7.12. The third-order valence-electron chi connectivity index (χ3n) is 6.33. The van der Waals surface area contributed by atoms with Gasteiger partial charge in [-0.05, 0) is 31.4 Å². The number of aromatic amines is 1. The van der Waals surface area contributed by atoms with Gasteiger partial charge in [-0.1, -0.05) is 18.2 Å². The molecule has 8 N–H and O–H groups in total. The standard InChI is InChI=1S/C24H31N5O8/c1-12(30)20(23(35)29-8-4-7-18(29)24(36)37)28-22(34)17(27-21(33)15(25)10-19(31)32)9-13-11-26-16-6-3-2-5-14(13)16/h2-3,5-6,11-12,15,17-18,20,26,30H,4,7-10,25H2,1H3,(H,27,33)(H,28,34)(H,31,32)(H,36,37). The van der Waals surface area contributed by atoms with E-state index in [2.05, 4.69) is 15.6 Å². The monoisotopic (exact) mass is 517 g/mol. The minimum absolute atomic E-state index is 0.0381. The number of para-hydroxylation sites is 1. The fourth-order valence-corrected chi connectivity index (χ4v) is 4.40. The molecule has 13 heteroatoms. The van der Waals surface area contributed by atoms with Gasteiger partial charge in [-0.3, -0.25) is 19.2 Å². The zero-order valence-electron chi connectivity index (χ0n) is 20.2. The van der Waals surface area contributed by atoms with Gasteiger partial charge in [0.15, 0.2) is 0 Å². The number of amides is 3. The first-order chi connectivity index (χ1) is 17.5. The van der Waals surface area contributed by atoms with Crippen molar-refractivity contribution in [1.29, 1.82) is 0 Å². The van der Waals surface area contributed by atoms with E-state index in [1.54, 1.807) is 12.3 Å². The second kappa shape index (κ2) is 11.8. The largest absolute Gasteiger partial charge is 0.481 e. The smallest absolute Gasteiger partial charge is 0.326 e. The number of benzene rings is 1. The van der Waals surface area contributed by atoms with Gasteiger partial charge in [-0.2, -0.15) is 0 Å². The Morgan fingerprint density at radius 3 is 2.49 bits per heavy atom. The van der Waals surface area contributed by atoms with Gasteiger partial charge in [0, 0.05) is 30.1 Å². The van der Waals surface area contributed by atoms with Crippen LogP contribution < -0.4 is 16.4 Å². The third kappa shape index (κ3) is 6.62. The highest BCUT2D eigenvalue weighted by Crippen LogP contribution is 2.21. The molecule has 1 aromatic heterocycles. The predicted molar refractivity (Wildman–Crippen MR) is 130 cm³/mol. The Morgan fingerprint density at radius 1 is 1.14 bits per heavy atom. The summed E-state index contributed by atoms with van der Waals surface area (Å²) in [6.07, 6.45) is 0.307. The second-order valence-electron chi connectivity index (χ2n) is 9.08. The molecule has 3 amide bonds. The van der Waals surface area contributed by atoms with Crippen molar-refractivity contribution >= 4 is 40.6 Å². The molecule has 2 heterocycles. The lowest BCUT2D eigenvalue weighted by atomic mass is 10.0. The van der Waals surface area contributed by atoms with Crippen molar-refractivity contribution in [2.45, 2.75) is 62.9 Å². The Labute approximate surface area is 212 Å². The molecular formula is C24H31N5O8. The van der Waals surface area contributed by atoms with Crippen molar-refractivity contribution in [2.75, 3.05) is 6.54 Å². The zero-order chi connectivity index (χ0) is 27.3. The minimum Gasteiger partial charge on any atom is -0.481 e. The molecule has 1 aliphatic heterocycles. The van der Waals surface area contributed by atoms with Crippen molar-refractivity contribution in [3.05, 3.63) is 36.0 Å². The van der Waals surface area contributed by atoms with Crippen LogP contribution in [0.25, 0.3) is 10.9 Å². The van der Waals surface area contributed by atoms with E-state index in [4.69, 9.17) is 10.8 Å². The molecule has 200 valence electrons. The molecule has 13 nitrogen and oxygen atoms in total. The Kier molecular flexibility index (Phi) is 8.84. The number of aromatic nitrogens is 1. The number of hydrogen-bond acceptors (Lipinski definition) is 7. The first kappa shape index (κ1) is 27.6. The Hall–Kier alpha value is -3.97. The maximum Gasteiger partial charge on any atom is 0.326 e. The number of nitrogens with one attached hydrogen (secondary N) is 3. The molecule has 5 atom stereocenters. The van der Waals surface area contributed by atoms with Crippen LogP contribution in [0.15, 0.2) is 30.5 Å². The average Bonchev–Trinajstić information content (AvgIpc) is 3.48. The molecule has 0 aliphatic carbocycles. The van der Waals surface area contributed by atoms with Crippen molar-refractivity contribution in [3.8, 4) is 0 Å². The number of nitrogens with two attached hydrogens (primary N) is 1. The number of likely N-dealkylation sites (tertiary alicyclic amines) is 1. The number of fused-ring (bicyclic) bond motifs is 1. The highest BCUT2D eigenvalue weighted by molar-refractivity contribution is 5.95. The number of aliphatic carboxylic acids is 2. The summed E-state index contributed by atoms with van der Waals surface area (Å²) in [6.45, 7) is 1.44. The summed E-state index contributed by atoms with van der Waals surface area (Å²) < 4.78 is 0. The Bertz CT molecular complexity index is 1180. The van der Waals surface area contributed by atoms with Crippen molar-refractivity contribution in [3.63, 3.8) is 0 Å². The second-order valence-corrected chi connectivity index (χ2v) is 9.08.